The zero-order valence-corrected chi connectivity index (χ0v) is 8.95. The maximum atomic E-state index is 9.05. The van der Waals surface area contributed by atoms with Crippen LogP contribution < -0.4 is 0 Å². The Morgan fingerprint density at radius 1 is 1.47 bits per heavy atom. The molecule has 15 heavy (non-hydrogen) atoms. The molecule has 1 heterocycles. The largest absolute Gasteiger partial charge is 0.443 e. The molecule has 0 saturated heterocycles. The number of halogens is 1. The van der Waals surface area contributed by atoms with Crippen molar-refractivity contribution in [3.63, 3.8) is 0 Å². The van der Waals surface area contributed by atoms with E-state index in [1.165, 1.54) is 6.39 Å². The predicted octanol–water partition coefficient (Wildman–Crippen LogP) is 2.80. The molecule has 2 rings (SSSR count). The minimum atomic E-state index is -0.157. The van der Waals surface area contributed by atoms with Crippen LogP contribution in [0.25, 0.3) is 11.3 Å². The minimum absolute atomic E-state index is 0.157. The lowest BCUT2D eigenvalue weighted by atomic mass is 10.1. The maximum Gasteiger partial charge on any atom is 0.181 e. The van der Waals surface area contributed by atoms with Crippen LogP contribution in [0.4, 0.5) is 0 Å². The molecular weight excluding hydrogens is 214 g/mol. The quantitative estimate of drug-likeness (QED) is 0.852. The standard InChI is InChI=1S/C11H10ClNO2/c1-7-2-3-8(9(12)4-7)11-10(5-14)13-6-15-11/h2-4,6,14H,5H2,1H3. The van der Waals surface area contributed by atoms with E-state index >= 15 is 0 Å². The van der Waals surface area contributed by atoms with Gasteiger partial charge in [0.15, 0.2) is 12.2 Å². The van der Waals surface area contributed by atoms with Crippen LogP contribution in [0.2, 0.25) is 5.02 Å². The van der Waals surface area contributed by atoms with Crippen LogP contribution in [0, 0.1) is 6.92 Å². The highest BCUT2D eigenvalue weighted by molar-refractivity contribution is 6.33. The smallest absolute Gasteiger partial charge is 0.181 e. The van der Waals surface area contributed by atoms with E-state index in [0.717, 1.165) is 11.1 Å². The summed E-state index contributed by atoms with van der Waals surface area (Å²) in [5.74, 6) is 0.530. The minimum Gasteiger partial charge on any atom is -0.443 e. The zero-order valence-electron chi connectivity index (χ0n) is 8.20. The van der Waals surface area contributed by atoms with Crippen LogP contribution in [-0.4, -0.2) is 10.1 Å². The summed E-state index contributed by atoms with van der Waals surface area (Å²) >= 11 is 6.08. The van der Waals surface area contributed by atoms with Crippen molar-refractivity contribution in [3.05, 3.63) is 40.9 Å². The third-order valence-corrected chi connectivity index (χ3v) is 2.47. The molecule has 78 valence electrons. The highest BCUT2D eigenvalue weighted by Crippen LogP contribution is 2.30. The average molecular weight is 224 g/mol. The van der Waals surface area contributed by atoms with Crippen molar-refractivity contribution < 1.29 is 9.52 Å². The molecule has 0 spiro atoms. The first-order valence-electron chi connectivity index (χ1n) is 4.52. The second-order valence-electron chi connectivity index (χ2n) is 3.27. The molecular formula is C11H10ClNO2. The van der Waals surface area contributed by atoms with Gasteiger partial charge < -0.3 is 9.52 Å². The van der Waals surface area contributed by atoms with Gasteiger partial charge in [0, 0.05) is 5.56 Å². The van der Waals surface area contributed by atoms with Gasteiger partial charge in [0.1, 0.15) is 5.69 Å². The van der Waals surface area contributed by atoms with Gasteiger partial charge in [-0.15, -0.1) is 0 Å². The number of aromatic nitrogens is 1. The molecule has 1 N–H and O–H groups in total. The Labute approximate surface area is 92.3 Å². The molecule has 3 nitrogen and oxygen atoms in total. The average Bonchev–Trinajstić information content (AvgIpc) is 2.65. The van der Waals surface area contributed by atoms with E-state index in [1.807, 2.05) is 25.1 Å². The molecule has 0 aliphatic rings. The number of hydrogen-bond donors (Lipinski definition) is 1. The summed E-state index contributed by atoms with van der Waals surface area (Å²) < 4.78 is 5.21. The van der Waals surface area contributed by atoms with Crippen molar-refractivity contribution >= 4 is 11.6 Å². The summed E-state index contributed by atoms with van der Waals surface area (Å²) in [5, 5.41) is 9.65. The van der Waals surface area contributed by atoms with Gasteiger partial charge in [-0.1, -0.05) is 17.7 Å². The summed E-state index contributed by atoms with van der Waals surface area (Å²) in [6, 6.07) is 5.64. The van der Waals surface area contributed by atoms with Crippen molar-refractivity contribution in [2.75, 3.05) is 0 Å². The third-order valence-electron chi connectivity index (χ3n) is 2.16. The Bertz CT molecular complexity index is 479. The molecule has 0 bridgehead atoms. The van der Waals surface area contributed by atoms with Gasteiger partial charge in [-0.25, -0.2) is 4.98 Å². The molecule has 0 radical (unpaired) electrons. The number of nitrogens with zero attached hydrogens (tertiary/aromatic N) is 1. The fourth-order valence-corrected chi connectivity index (χ4v) is 1.73. The summed E-state index contributed by atoms with van der Waals surface area (Å²) in [7, 11) is 0. The molecule has 1 aromatic heterocycles. The van der Waals surface area contributed by atoms with E-state index in [-0.39, 0.29) is 6.61 Å². The number of aliphatic hydroxyl groups is 1. The molecule has 0 atom stereocenters. The van der Waals surface area contributed by atoms with Crippen LogP contribution in [0.15, 0.2) is 29.0 Å². The number of aryl methyl sites for hydroxylation is 1. The third kappa shape index (κ3) is 1.89. The SMILES string of the molecule is Cc1ccc(-c2ocnc2CO)c(Cl)c1. The number of hydrogen-bond acceptors (Lipinski definition) is 3. The zero-order chi connectivity index (χ0) is 10.8. The van der Waals surface area contributed by atoms with E-state index in [4.69, 9.17) is 21.1 Å². The van der Waals surface area contributed by atoms with Crippen molar-refractivity contribution in [2.45, 2.75) is 13.5 Å². The lowest BCUT2D eigenvalue weighted by molar-refractivity contribution is 0.277. The van der Waals surface area contributed by atoms with E-state index in [1.54, 1.807) is 0 Å². The molecule has 0 fully saturated rings. The molecule has 0 saturated carbocycles. The summed E-state index contributed by atoms with van der Waals surface area (Å²) in [4.78, 5) is 3.90. The lowest BCUT2D eigenvalue weighted by Crippen LogP contribution is -1.87. The molecule has 2 aromatic rings. The van der Waals surface area contributed by atoms with Crippen LogP contribution in [-0.2, 0) is 6.61 Å². The first-order valence-corrected chi connectivity index (χ1v) is 4.90. The van der Waals surface area contributed by atoms with Gasteiger partial charge in [0.25, 0.3) is 0 Å². The first-order chi connectivity index (χ1) is 7.22. The van der Waals surface area contributed by atoms with Crippen molar-refractivity contribution in [2.24, 2.45) is 0 Å². The highest BCUT2D eigenvalue weighted by Gasteiger charge is 2.12. The summed E-state index contributed by atoms with van der Waals surface area (Å²) in [5.41, 5.74) is 2.33. The number of benzene rings is 1. The molecule has 0 aliphatic heterocycles. The lowest BCUT2D eigenvalue weighted by Gasteiger charge is -2.02. The Morgan fingerprint density at radius 3 is 2.93 bits per heavy atom. The van der Waals surface area contributed by atoms with Crippen molar-refractivity contribution in [1.82, 2.24) is 4.98 Å². The van der Waals surface area contributed by atoms with E-state index in [2.05, 4.69) is 4.98 Å². The van der Waals surface area contributed by atoms with Crippen LogP contribution in [0.3, 0.4) is 0 Å². The number of oxazole rings is 1. The highest BCUT2D eigenvalue weighted by atomic mass is 35.5. The molecule has 1 aromatic carbocycles. The Kier molecular flexibility index (Phi) is 2.75. The van der Waals surface area contributed by atoms with E-state index in [0.29, 0.717) is 16.5 Å². The first kappa shape index (κ1) is 10.2. The predicted molar refractivity (Wildman–Crippen MR) is 57.6 cm³/mol. The van der Waals surface area contributed by atoms with Gasteiger partial charge in [-0.05, 0) is 24.6 Å². The Balaban J connectivity index is 2.54. The fraction of sp³-hybridized carbons (Fsp3) is 0.182. The molecule has 0 unspecified atom stereocenters. The Hall–Kier alpha value is -1.32. The van der Waals surface area contributed by atoms with Crippen molar-refractivity contribution in [1.29, 1.82) is 0 Å². The Morgan fingerprint density at radius 2 is 2.27 bits per heavy atom. The van der Waals surface area contributed by atoms with Gasteiger partial charge in [0.05, 0.1) is 11.6 Å². The molecule has 0 aliphatic carbocycles. The summed E-state index contributed by atoms with van der Waals surface area (Å²) in [6.45, 7) is 1.80. The van der Waals surface area contributed by atoms with E-state index < -0.39 is 0 Å². The number of rotatable bonds is 2. The molecule has 0 amide bonds. The van der Waals surface area contributed by atoms with Gasteiger partial charge in [0.2, 0.25) is 0 Å². The summed E-state index contributed by atoms with van der Waals surface area (Å²) in [6.07, 6.45) is 1.30. The topological polar surface area (TPSA) is 46.3 Å². The van der Waals surface area contributed by atoms with Crippen LogP contribution in [0.1, 0.15) is 11.3 Å². The van der Waals surface area contributed by atoms with Gasteiger partial charge >= 0.3 is 0 Å². The van der Waals surface area contributed by atoms with Gasteiger partial charge in [-0.3, -0.25) is 0 Å². The maximum absolute atomic E-state index is 9.05. The fourth-order valence-electron chi connectivity index (χ4n) is 1.41. The number of aliphatic hydroxyl groups excluding tert-OH is 1. The second kappa shape index (κ2) is 4.04. The van der Waals surface area contributed by atoms with Crippen LogP contribution >= 0.6 is 11.6 Å². The van der Waals surface area contributed by atoms with Gasteiger partial charge in [-0.2, -0.15) is 0 Å². The van der Waals surface area contributed by atoms with Crippen molar-refractivity contribution in [3.8, 4) is 11.3 Å². The normalized spacial score (nSPS) is 10.6. The monoisotopic (exact) mass is 223 g/mol. The van der Waals surface area contributed by atoms with Crippen LogP contribution in [0.5, 0.6) is 0 Å². The second-order valence-corrected chi connectivity index (χ2v) is 3.68. The molecule has 4 heteroatoms. The van der Waals surface area contributed by atoms with E-state index in [9.17, 15) is 0 Å².